The molecule has 2 aliphatic carbocycles. The van der Waals surface area contributed by atoms with E-state index in [1.807, 2.05) is 6.07 Å². The lowest BCUT2D eigenvalue weighted by atomic mass is 9.87. The molecule has 1 saturated heterocycles. The van der Waals surface area contributed by atoms with E-state index in [4.69, 9.17) is 15.4 Å². The number of nitrogens with two attached hydrogens (primary N) is 1. The van der Waals surface area contributed by atoms with Crippen LogP contribution in [0.4, 0.5) is 5.82 Å². The molecule has 3 fully saturated rings. The molecule has 5 rings (SSSR count). The number of halogens is 1. The molecular formula is C21H24BrN5O2. The number of furan rings is 1. The zero-order valence-electron chi connectivity index (χ0n) is 16.1. The third-order valence-electron chi connectivity index (χ3n) is 7.08. The van der Waals surface area contributed by atoms with Gasteiger partial charge < -0.3 is 15.5 Å². The van der Waals surface area contributed by atoms with Gasteiger partial charge in [-0.3, -0.25) is 9.69 Å². The highest BCUT2D eigenvalue weighted by molar-refractivity contribution is 9.10. The molecule has 8 heteroatoms. The highest BCUT2D eigenvalue weighted by Crippen LogP contribution is 2.45. The fourth-order valence-corrected chi connectivity index (χ4v) is 6.19. The number of pyridine rings is 1. The van der Waals surface area contributed by atoms with Gasteiger partial charge >= 0.3 is 0 Å². The van der Waals surface area contributed by atoms with Crippen molar-refractivity contribution < 1.29 is 9.21 Å². The molecule has 1 aliphatic heterocycles. The minimum absolute atomic E-state index is 0.0945. The Kier molecular flexibility index (Phi) is 4.75. The molecule has 3 N–H and O–H groups in total. The lowest BCUT2D eigenvalue weighted by molar-refractivity contribution is -0.123. The monoisotopic (exact) mass is 457 g/mol. The van der Waals surface area contributed by atoms with Crippen LogP contribution < -0.4 is 11.1 Å². The van der Waals surface area contributed by atoms with Crippen molar-refractivity contribution in [2.45, 2.75) is 56.7 Å². The van der Waals surface area contributed by atoms with Gasteiger partial charge in [-0.05, 0) is 60.4 Å². The van der Waals surface area contributed by atoms with Crippen molar-refractivity contribution >= 4 is 38.6 Å². The van der Waals surface area contributed by atoms with Gasteiger partial charge in [-0.15, -0.1) is 0 Å². The van der Waals surface area contributed by atoms with E-state index in [1.165, 1.54) is 0 Å². The van der Waals surface area contributed by atoms with Gasteiger partial charge in [0.05, 0.1) is 10.7 Å². The molecule has 3 atom stereocenters. The van der Waals surface area contributed by atoms with Crippen LogP contribution in [0, 0.1) is 23.2 Å². The summed E-state index contributed by atoms with van der Waals surface area (Å²) in [7, 11) is 0. The Hall–Kier alpha value is -2.11. The van der Waals surface area contributed by atoms with E-state index in [1.54, 1.807) is 12.3 Å². The van der Waals surface area contributed by atoms with E-state index in [0.29, 0.717) is 35.4 Å². The SMILES string of the molecule is N#Cc1cc2c(Br)c(NC3CCC(N4CC5CC4CC5C(N)=O)CC3)ncc2o1. The Bertz CT molecular complexity index is 991. The summed E-state index contributed by atoms with van der Waals surface area (Å²) in [5, 5.41) is 13.5. The van der Waals surface area contributed by atoms with E-state index >= 15 is 0 Å². The van der Waals surface area contributed by atoms with Gasteiger partial charge in [0.15, 0.2) is 5.58 Å². The predicted molar refractivity (Wildman–Crippen MR) is 112 cm³/mol. The molecule has 0 spiro atoms. The quantitative estimate of drug-likeness (QED) is 0.728. The Morgan fingerprint density at radius 3 is 2.76 bits per heavy atom. The van der Waals surface area contributed by atoms with Crippen LogP contribution in [-0.4, -0.2) is 40.5 Å². The second kappa shape index (κ2) is 7.29. The maximum Gasteiger partial charge on any atom is 0.220 e. The minimum atomic E-state index is -0.111. The maximum absolute atomic E-state index is 11.6. The molecule has 3 aliphatic rings. The average molecular weight is 458 g/mol. The molecule has 1 amide bonds. The molecule has 0 aromatic carbocycles. The third kappa shape index (κ3) is 3.30. The summed E-state index contributed by atoms with van der Waals surface area (Å²) < 4.78 is 6.29. The number of aromatic nitrogens is 1. The number of likely N-dealkylation sites (tertiary alicyclic amines) is 1. The summed E-state index contributed by atoms with van der Waals surface area (Å²) in [6.45, 7) is 1.03. The number of hydrogen-bond donors (Lipinski definition) is 2. The highest BCUT2D eigenvalue weighted by Gasteiger charge is 2.48. The zero-order chi connectivity index (χ0) is 20.1. The first-order chi connectivity index (χ1) is 14.0. The summed E-state index contributed by atoms with van der Waals surface area (Å²) in [5.41, 5.74) is 6.17. The molecule has 152 valence electrons. The average Bonchev–Trinajstić information content (AvgIpc) is 3.44. The van der Waals surface area contributed by atoms with E-state index < -0.39 is 0 Å². The largest absolute Gasteiger partial charge is 0.444 e. The molecule has 0 radical (unpaired) electrons. The smallest absolute Gasteiger partial charge is 0.220 e. The zero-order valence-corrected chi connectivity index (χ0v) is 17.7. The summed E-state index contributed by atoms with van der Waals surface area (Å²) in [6, 6.07) is 5.31. The normalized spacial score (nSPS) is 31.8. The molecule has 2 saturated carbocycles. The molecule has 29 heavy (non-hydrogen) atoms. The number of carbonyl (C=O) groups is 1. The Morgan fingerprint density at radius 2 is 2.10 bits per heavy atom. The van der Waals surface area contributed by atoms with Gasteiger partial charge in [0, 0.05) is 42.0 Å². The number of piperidine rings is 1. The van der Waals surface area contributed by atoms with Crippen molar-refractivity contribution in [3.8, 4) is 6.07 Å². The Morgan fingerprint density at radius 1 is 1.31 bits per heavy atom. The number of nitrogens with zero attached hydrogens (tertiary/aromatic N) is 3. The lowest BCUT2D eigenvalue weighted by Crippen LogP contribution is -2.47. The third-order valence-corrected chi connectivity index (χ3v) is 7.89. The van der Waals surface area contributed by atoms with Gasteiger partial charge in [-0.1, -0.05) is 0 Å². The number of nitrogens with one attached hydrogen (secondary N) is 1. The lowest BCUT2D eigenvalue weighted by Gasteiger charge is -2.40. The van der Waals surface area contributed by atoms with E-state index in [2.05, 4.69) is 31.1 Å². The highest BCUT2D eigenvalue weighted by atomic mass is 79.9. The van der Waals surface area contributed by atoms with Gasteiger partial charge in [-0.2, -0.15) is 5.26 Å². The van der Waals surface area contributed by atoms with Crippen molar-refractivity contribution in [3.63, 3.8) is 0 Å². The number of primary amides is 1. The summed E-state index contributed by atoms with van der Waals surface area (Å²) in [6.07, 6.45) is 8.27. The first-order valence-corrected chi connectivity index (χ1v) is 11.1. The molecule has 2 aromatic rings. The number of nitriles is 1. The molecule has 3 unspecified atom stereocenters. The maximum atomic E-state index is 11.6. The van der Waals surface area contributed by atoms with Crippen LogP contribution in [0.5, 0.6) is 0 Å². The number of rotatable bonds is 4. The molecule has 2 aromatic heterocycles. The number of fused-ring (bicyclic) bond motifs is 3. The van der Waals surface area contributed by atoms with Crippen LogP contribution in [0.2, 0.25) is 0 Å². The van der Waals surface area contributed by atoms with Crippen LogP contribution >= 0.6 is 15.9 Å². The predicted octanol–water partition coefficient (Wildman–Crippen LogP) is 3.38. The second-order valence-corrected chi connectivity index (χ2v) is 9.45. The summed E-state index contributed by atoms with van der Waals surface area (Å²) >= 11 is 3.62. The van der Waals surface area contributed by atoms with Crippen molar-refractivity contribution in [1.29, 1.82) is 5.26 Å². The van der Waals surface area contributed by atoms with E-state index in [-0.39, 0.29) is 11.8 Å². The van der Waals surface area contributed by atoms with Gasteiger partial charge in [0.2, 0.25) is 11.7 Å². The summed E-state index contributed by atoms with van der Waals surface area (Å²) in [5.74, 6) is 1.54. The summed E-state index contributed by atoms with van der Waals surface area (Å²) in [4.78, 5) is 18.7. The fraction of sp³-hybridized carbons (Fsp3) is 0.571. The van der Waals surface area contributed by atoms with Crippen molar-refractivity contribution in [2.75, 3.05) is 11.9 Å². The first kappa shape index (κ1) is 18.9. The van der Waals surface area contributed by atoms with Crippen LogP contribution in [0.25, 0.3) is 11.0 Å². The number of carbonyl (C=O) groups excluding carboxylic acids is 1. The van der Waals surface area contributed by atoms with Crippen molar-refractivity contribution in [1.82, 2.24) is 9.88 Å². The van der Waals surface area contributed by atoms with E-state index in [9.17, 15) is 4.79 Å². The molecular weight excluding hydrogens is 434 g/mol. The van der Waals surface area contributed by atoms with Crippen LogP contribution in [0.1, 0.15) is 44.3 Å². The van der Waals surface area contributed by atoms with Crippen molar-refractivity contribution in [3.05, 3.63) is 22.5 Å². The standard InChI is InChI=1S/C21H24BrN5O2/c22-19-17-7-15(8-23)29-18(17)9-25-21(19)26-12-1-3-13(4-2-12)27-10-11-5-14(27)6-16(11)20(24)28/h7,9,11-14,16H,1-6,10H2,(H2,24,28)(H,25,26). The van der Waals surface area contributed by atoms with E-state index in [0.717, 1.165) is 60.7 Å². The first-order valence-electron chi connectivity index (χ1n) is 10.3. The number of amides is 1. The van der Waals surface area contributed by atoms with Crippen LogP contribution in [0.3, 0.4) is 0 Å². The van der Waals surface area contributed by atoms with Crippen LogP contribution in [0.15, 0.2) is 21.2 Å². The topological polar surface area (TPSA) is 108 Å². The minimum Gasteiger partial charge on any atom is -0.444 e. The fourth-order valence-electron chi connectivity index (χ4n) is 5.66. The molecule has 2 bridgehead atoms. The van der Waals surface area contributed by atoms with Crippen LogP contribution in [-0.2, 0) is 4.79 Å². The Labute approximate surface area is 177 Å². The number of anilines is 1. The van der Waals surface area contributed by atoms with Gasteiger partial charge in [0.25, 0.3) is 0 Å². The van der Waals surface area contributed by atoms with Gasteiger partial charge in [0.1, 0.15) is 11.9 Å². The second-order valence-electron chi connectivity index (χ2n) is 8.66. The van der Waals surface area contributed by atoms with Gasteiger partial charge in [-0.25, -0.2) is 4.98 Å². The van der Waals surface area contributed by atoms with Crippen molar-refractivity contribution in [2.24, 2.45) is 17.6 Å². The number of hydrogen-bond acceptors (Lipinski definition) is 6. The molecule has 7 nitrogen and oxygen atoms in total. The Balaban J connectivity index is 1.20. The molecule has 3 heterocycles.